The molecule has 2 fully saturated rings. The summed E-state index contributed by atoms with van der Waals surface area (Å²) in [7, 11) is -1.75. The molecule has 2 saturated heterocycles. The Morgan fingerprint density at radius 1 is 1.06 bits per heavy atom. The van der Waals surface area contributed by atoms with Crippen LogP contribution in [0.1, 0.15) is 12.8 Å². The quantitative estimate of drug-likeness (QED) is 0.674. The largest absolute Gasteiger partial charge is 0.378 e. The predicted molar refractivity (Wildman–Crippen MR) is 124 cm³/mol. The molecule has 0 spiro atoms. The Kier molecular flexibility index (Phi) is 6.92. The summed E-state index contributed by atoms with van der Waals surface area (Å²) in [5, 5.41) is 2.89. The minimum Gasteiger partial charge on any atom is -0.378 e. The Morgan fingerprint density at radius 3 is 2.38 bits per heavy atom. The summed E-state index contributed by atoms with van der Waals surface area (Å²) in [6, 6.07) is 10.9. The van der Waals surface area contributed by atoms with Crippen molar-refractivity contribution >= 4 is 33.1 Å². The number of morpholine rings is 1. The van der Waals surface area contributed by atoms with Crippen molar-refractivity contribution in [3.8, 4) is 0 Å². The molecule has 9 nitrogen and oxygen atoms in total. The van der Waals surface area contributed by atoms with Gasteiger partial charge in [0.05, 0.1) is 19.8 Å². The molecule has 0 unspecified atom stereocenters. The number of aromatic nitrogens is 1. The average Bonchev–Trinajstić information content (AvgIpc) is 3.36. The molecular weight excluding hydrogens is 430 g/mol. The zero-order valence-electron chi connectivity index (χ0n) is 18.2. The first-order valence-corrected chi connectivity index (χ1v) is 12.3. The minimum absolute atomic E-state index is 0.0937. The van der Waals surface area contributed by atoms with Crippen LogP contribution in [0.2, 0.25) is 0 Å². The molecule has 10 heteroatoms. The molecule has 0 saturated carbocycles. The highest BCUT2D eigenvalue weighted by Crippen LogP contribution is 2.22. The maximum atomic E-state index is 12.6. The topological polar surface area (TPSA) is 95.1 Å². The van der Waals surface area contributed by atoms with Gasteiger partial charge in [0.25, 0.3) is 0 Å². The van der Waals surface area contributed by atoms with Gasteiger partial charge in [-0.1, -0.05) is 0 Å². The summed E-state index contributed by atoms with van der Waals surface area (Å²) < 4.78 is 32.1. The lowest BCUT2D eigenvalue weighted by Crippen LogP contribution is -2.36. The van der Waals surface area contributed by atoms with E-state index in [-0.39, 0.29) is 17.3 Å². The smallest absolute Gasteiger partial charge is 0.244 e. The van der Waals surface area contributed by atoms with Crippen LogP contribution >= 0.6 is 0 Å². The third kappa shape index (κ3) is 5.20. The van der Waals surface area contributed by atoms with E-state index >= 15 is 0 Å². The van der Waals surface area contributed by atoms with Crippen LogP contribution in [0.5, 0.6) is 0 Å². The van der Waals surface area contributed by atoms with E-state index in [1.165, 1.54) is 10.5 Å². The van der Waals surface area contributed by atoms with Gasteiger partial charge in [0.15, 0.2) is 0 Å². The normalized spacial score (nSPS) is 17.3. The SMILES string of the molecule is CN(CC(=O)Nc1ccc(N2CCOCC2)cc1)c1ccc(S(=O)(=O)N2CCCC2)cn1. The molecule has 0 bridgehead atoms. The second kappa shape index (κ2) is 9.85. The number of sulfonamides is 1. The van der Waals surface area contributed by atoms with Crippen LogP contribution in [0.4, 0.5) is 17.2 Å². The summed E-state index contributed by atoms with van der Waals surface area (Å²) in [5.74, 6) is 0.352. The molecule has 4 rings (SSSR count). The highest BCUT2D eigenvalue weighted by molar-refractivity contribution is 7.89. The number of carbonyl (C=O) groups is 1. The number of amides is 1. The van der Waals surface area contributed by atoms with Gasteiger partial charge in [-0.15, -0.1) is 0 Å². The van der Waals surface area contributed by atoms with Gasteiger partial charge in [-0.3, -0.25) is 4.79 Å². The van der Waals surface area contributed by atoms with Gasteiger partial charge >= 0.3 is 0 Å². The Bertz CT molecular complexity index is 1020. The molecule has 1 N–H and O–H groups in total. The van der Waals surface area contributed by atoms with E-state index < -0.39 is 10.0 Å². The molecule has 1 aromatic heterocycles. The number of likely N-dealkylation sites (N-methyl/N-ethyl adjacent to an activating group) is 1. The monoisotopic (exact) mass is 459 g/mol. The van der Waals surface area contributed by atoms with Crippen molar-refractivity contribution in [2.75, 3.05) is 68.1 Å². The van der Waals surface area contributed by atoms with Crippen LogP contribution in [-0.4, -0.2) is 76.6 Å². The maximum absolute atomic E-state index is 12.6. The van der Waals surface area contributed by atoms with Crippen LogP contribution in [0.3, 0.4) is 0 Å². The molecule has 0 aliphatic carbocycles. The molecule has 2 aliphatic rings. The van der Waals surface area contributed by atoms with Crippen molar-refractivity contribution in [2.24, 2.45) is 0 Å². The zero-order valence-corrected chi connectivity index (χ0v) is 19.1. The van der Waals surface area contributed by atoms with E-state index in [0.717, 1.165) is 50.5 Å². The standard InChI is InChI=1S/C22H29N5O4S/c1-25(21-9-8-20(16-23-21)32(29,30)27-10-2-3-11-27)17-22(28)24-18-4-6-19(7-5-18)26-12-14-31-15-13-26/h4-9,16H,2-3,10-15,17H2,1H3,(H,24,28). The molecule has 2 aliphatic heterocycles. The van der Waals surface area contributed by atoms with Gasteiger partial charge in [0.1, 0.15) is 10.7 Å². The molecule has 172 valence electrons. The number of carbonyl (C=O) groups excluding carboxylic acids is 1. The fraction of sp³-hybridized carbons (Fsp3) is 0.455. The number of hydrogen-bond acceptors (Lipinski definition) is 7. The van der Waals surface area contributed by atoms with Crippen molar-refractivity contribution < 1.29 is 17.9 Å². The first-order valence-electron chi connectivity index (χ1n) is 10.8. The Morgan fingerprint density at radius 2 is 1.75 bits per heavy atom. The van der Waals surface area contributed by atoms with Gasteiger partial charge in [-0.25, -0.2) is 13.4 Å². The summed E-state index contributed by atoms with van der Waals surface area (Å²) in [6.45, 7) is 4.38. The van der Waals surface area contributed by atoms with Crippen molar-refractivity contribution in [2.45, 2.75) is 17.7 Å². The summed E-state index contributed by atoms with van der Waals surface area (Å²) in [4.78, 5) is 20.9. The lowest BCUT2D eigenvalue weighted by atomic mass is 10.2. The third-order valence-corrected chi connectivity index (χ3v) is 7.60. The van der Waals surface area contributed by atoms with Gasteiger partial charge in [-0.05, 0) is 49.2 Å². The zero-order chi connectivity index (χ0) is 22.6. The lowest BCUT2D eigenvalue weighted by Gasteiger charge is -2.28. The highest BCUT2D eigenvalue weighted by atomic mass is 32.2. The number of rotatable bonds is 7. The van der Waals surface area contributed by atoms with E-state index in [4.69, 9.17) is 4.74 Å². The Hall–Kier alpha value is -2.69. The van der Waals surface area contributed by atoms with Crippen LogP contribution < -0.4 is 15.1 Å². The predicted octanol–water partition coefficient (Wildman–Crippen LogP) is 1.78. The van der Waals surface area contributed by atoms with Crippen LogP contribution in [0.15, 0.2) is 47.5 Å². The van der Waals surface area contributed by atoms with E-state index in [1.807, 2.05) is 24.3 Å². The fourth-order valence-electron chi connectivity index (χ4n) is 3.90. The first kappa shape index (κ1) is 22.5. The molecule has 1 amide bonds. The first-order chi connectivity index (χ1) is 15.4. The number of nitrogens with zero attached hydrogens (tertiary/aromatic N) is 4. The third-order valence-electron chi connectivity index (χ3n) is 5.72. The van der Waals surface area contributed by atoms with E-state index in [0.29, 0.717) is 18.9 Å². The average molecular weight is 460 g/mol. The van der Waals surface area contributed by atoms with Gasteiger partial charge in [0, 0.05) is 50.8 Å². The fourth-order valence-corrected chi connectivity index (χ4v) is 5.37. The Labute approximate surface area is 189 Å². The maximum Gasteiger partial charge on any atom is 0.244 e. The van der Waals surface area contributed by atoms with Gasteiger partial charge in [0.2, 0.25) is 15.9 Å². The Balaban J connectivity index is 1.32. The van der Waals surface area contributed by atoms with Crippen LogP contribution in [0, 0.1) is 0 Å². The number of anilines is 3. The van der Waals surface area contributed by atoms with Crippen LogP contribution in [-0.2, 0) is 19.6 Å². The molecule has 32 heavy (non-hydrogen) atoms. The molecule has 2 aromatic rings. The minimum atomic E-state index is -3.49. The van der Waals surface area contributed by atoms with Crippen molar-refractivity contribution in [1.29, 1.82) is 0 Å². The van der Waals surface area contributed by atoms with E-state index in [9.17, 15) is 13.2 Å². The van der Waals surface area contributed by atoms with Crippen molar-refractivity contribution in [1.82, 2.24) is 9.29 Å². The summed E-state index contributed by atoms with van der Waals surface area (Å²) >= 11 is 0. The van der Waals surface area contributed by atoms with Gasteiger partial charge < -0.3 is 19.9 Å². The van der Waals surface area contributed by atoms with E-state index in [1.54, 1.807) is 24.1 Å². The summed E-state index contributed by atoms with van der Waals surface area (Å²) in [6.07, 6.45) is 3.14. The number of hydrogen-bond donors (Lipinski definition) is 1. The molecular formula is C22H29N5O4S. The van der Waals surface area contributed by atoms with Crippen molar-refractivity contribution in [3.05, 3.63) is 42.6 Å². The van der Waals surface area contributed by atoms with Crippen molar-refractivity contribution in [3.63, 3.8) is 0 Å². The number of benzene rings is 1. The molecule has 3 heterocycles. The van der Waals surface area contributed by atoms with Crippen LogP contribution in [0.25, 0.3) is 0 Å². The highest BCUT2D eigenvalue weighted by Gasteiger charge is 2.27. The molecule has 0 radical (unpaired) electrons. The lowest BCUT2D eigenvalue weighted by molar-refractivity contribution is -0.114. The molecule has 1 aromatic carbocycles. The second-order valence-electron chi connectivity index (χ2n) is 8.01. The molecule has 0 atom stereocenters. The number of ether oxygens (including phenoxy) is 1. The van der Waals surface area contributed by atoms with Gasteiger partial charge in [-0.2, -0.15) is 4.31 Å². The number of pyridine rings is 1. The number of nitrogens with one attached hydrogen (secondary N) is 1. The summed E-state index contributed by atoms with van der Waals surface area (Å²) in [5.41, 5.74) is 1.83. The second-order valence-corrected chi connectivity index (χ2v) is 9.95. The van der Waals surface area contributed by atoms with E-state index in [2.05, 4.69) is 15.2 Å².